The third kappa shape index (κ3) is 7.81. The fourth-order valence-electron chi connectivity index (χ4n) is 7.80. The van der Waals surface area contributed by atoms with Crippen LogP contribution in [0.25, 0.3) is 83.9 Å². The van der Waals surface area contributed by atoms with Gasteiger partial charge in [-0.25, -0.2) is 4.98 Å². The Bertz CT molecular complexity index is 3030. The maximum Gasteiger partial charge on any atom is 0.148 e. The molecular weight excluding hydrogens is 902 g/mol. The molecule has 59 heavy (non-hydrogen) atoms. The van der Waals surface area contributed by atoms with E-state index in [1.807, 2.05) is 81.6 Å². The Labute approximate surface area is 364 Å². The molecule has 0 aliphatic carbocycles. The number of phenolic OH excluding ortho intramolecular Hbond substituents is 1. The molecule has 2 heterocycles. The molecule has 0 aliphatic heterocycles. The SMILES string of the molecule is [2H]C(C)c1cc(-c2ccc(-n3c(-c4ccccc4O)nc4c(-c5[c-]c(-c6cc(-c7ccccc7)ccn6)cc(-c6ccccc6)c5)cccc43)c(C)c2)cc(C([2H])(C)C)c1.[Pt]. The average Bonchev–Trinajstić information content (AvgIpc) is 3.66. The van der Waals surface area contributed by atoms with E-state index in [0.717, 1.165) is 89.2 Å². The van der Waals surface area contributed by atoms with Crippen molar-refractivity contribution in [2.75, 3.05) is 0 Å². The van der Waals surface area contributed by atoms with Crippen LogP contribution in [0.2, 0.25) is 0 Å². The number of aryl methyl sites for hydroxylation is 2. The quantitative estimate of drug-likeness (QED) is 0.147. The summed E-state index contributed by atoms with van der Waals surface area (Å²) in [4.78, 5) is 10.2. The number of aromatic hydroxyl groups is 1. The molecule has 1 atom stereocenters. The van der Waals surface area contributed by atoms with E-state index < -0.39 is 12.3 Å². The smallest absolute Gasteiger partial charge is 0.148 e. The minimum atomic E-state index is -0.809. The Balaban J connectivity index is 0.00000514. The second-order valence-electron chi connectivity index (χ2n) is 15.0. The number of benzene rings is 7. The summed E-state index contributed by atoms with van der Waals surface area (Å²) in [6.45, 7) is 7.72. The fourth-order valence-corrected chi connectivity index (χ4v) is 7.80. The van der Waals surface area contributed by atoms with Gasteiger partial charge in [-0.3, -0.25) is 9.55 Å². The number of para-hydroxylation sites is 2. The first-order chi connectivity index (χ1) is 29.0. The third-order valence-electron chi connectivity index (χ3n) is 10.9. The van der Waals surface area contributed by atoms with Crippen LogP contribution in [0.1, 0.15) is 46.1 Å². The predicted octanol–water partition coefficient (Wildman–Crippen LogP) is 13.9. The number of nitrogens with zero attached hydrogens (tertiary/aromatic N) is 3. The van der Waals surface area contributed by atoms with E-state index in [1.165, 1.54) is 0 Å². The van der Waals surface area contributed by atoms with Gasteiger partial charge in [0.05, 0.1) is 22.3 Å². The van der Waals surface area contributed by atoms with Gasteiger partial charge in [-0.05, 0) is 100 Å². The van der Waals surface area contributed by atoms with Crippen molar-refractivity contribution in [3.8, 4) is 78.6 Å². The minimum Gasteiger partial charge on any atom is -0.507 e. The van der Waals surface area contributed by atoms with Gasteiger partial charge < -0.3 is 5.11 Å². The van der Waals surface area contributed by atoms with Crippen molar-refractivity contribution < 1.29 is 28.9 Å². The monoisotopic (exact) mass is 947 g/mol. The normalized spacial score (nSPS) is 12.4. The fraction of sp³-hybridized carbons (Fsp3) is 0.111. The van der Waals surface area contributed by atoms with E-state index in [9.17, 15) is 5.11 Å². The number of phenols is 1. The molecule has 0 fully saturated rings. The van der Waals surface area contributed by atoms with Crippen LogP contribution in [0, 0.1) is 13.0 Å². The Morgan fingerprint density at radius 2 is 1.32 bits per heavy atom. The van der Waals surface area contributed by atoms with Crippen molar-refractivity contribution in [3.63, 3.8) is 0 Å². The molecule has 1 N–H and O–H groups in total. The standard InChI is InChI=1S/C54H44N3O.Pt/c1-5-37-28-42(35(2)3)30-43(29-37)40-23-24-50(36(4)27-40)57-51-21-14-20-47(53(51)56-54(57)48-19-12-13-22-52(48)58)45-31-44(39-17-10-7-11-18-39)32-46(33-45)49-34-41(25-26-55-49)38-15-8-6-9-16-38;/h6-32,34-35,58H,5H2,1-4H3;/q-1;/i5D,35D;. The Kier molecular flexibility index (Phi) is 10.6. The molecule has 4 nitrogen and oxygen atoms in total. The molecule has 0 spiro atoms. The van der Waals surface area contributed by atoms with Crippen LogP contribution in [-0.2, 0) is 27.5 Å². The van der Waals surface area contributed by atoms with Crippen molar-refractivity contribution in [2.45, 2.75) is 40.0 Å². The number of hydrogen-bond acceptors (Lipinski definition) is 3. The van der Waals surface area contributed by atoms with E-state index in [-0.39, 0.29) is 26.8 Å². The number of imidazole rings is 1. The van der Waals surface area contributed by atoms with E-state index in [2.05, 4.69) is 121 Å². The van der Waals surface area contributed by atoms with E-state index in [0.29, 0.717) is 11.4 Å². The molecule has 0 bridgehead atoms. The summed E-state index contributed by atoms with van der Waals surface area (Å²) in [5.41, 5.74) is 15.7. The van der Waals surface area contributed by atoms with Gasteiger partial charge in [-0.2, -0.15) is 0 Å². The molecule has 2 aromatic heterocycles. The molecular formula is C54H44N3OPt-. The molecule has 0 saturated carbocycles. The van der Waals surface area contributed by atoms with Gasteiger partial charge in [0, 0.05) is 35.7 Å². The number of rotatable bonds is 9. The van der Waals surface area contributed by atoms with Crippen LogP contribution in [0.4, 0.5) is 0 Å². The van der Waals surface area contributed by atoms with Crippen LogP contribution >= 0.6 is 0 Å². The summed E-state index contributed by atoms with van der Waals surface area (Å²) in [6, 6.07) is 59.0. The number of fused-ring (bicyclic) bond motifs is 1. The number of pyridine rings is 1. The van der Waals surface area contributed by atoms with Gasteiger partial charge >= 0.3 is 0 Å². The van der Waals surface area contributed by atoms with Crippen LogP contribution in [-0.4, -0.2) is 19.6 Å². The molecule has 0 radical (unpaired) electrons. The van der Waals surface area contributed by atoms with Crippen LogP contribution in [0.5, 0.6) is 5.75 Å². The van der Waals surface area contributed by atoms with Gasteiger partial charge in [0.15, 0.2) is 0 Å². The zero-order valence-corrected chi connectivity index (χ0v) is 35.6. The van der Waals surface area contributed by atoms with Crippen molar-refractivity contribution in [1.29, 1.82) is 0 Å². The first-order valence-electron chi connectivity index (χ1n) is 20.7. The van der Waals surface area contributed by atoms with Crippen molar-refractivity contribution in [3.05, 3.63) is 193 Å². The van der Waals surface area contributed by atoms with Crippen molar-refractivity contribution in [1.82, 2.24) is 14.5 Å². The molecule has 0 aliphatic rings. The van der Waals surface area contributed by atoms with Crippen molar-refractivity contribution >= 4 is 11.0 Å². The summed E-state index contributed by atoms with van der Waals surface area (Å²) in [6.07, 6.45) is 1.44. The van der Waals surface area contributed by atoms with Crippen LogP contribution in [0.3, 0.4) is 0 Å². The molecule has 7 aromatic carbocycles. The Morgan fingerprint density at radius 1 is 0.661 bits per heavy atom. The number of aromatic nitrogens is 3. The van der Waals surface area contributed by atoms with E-state index in [1.54, 1.807) is 6.07 Å². The minimum absolute atomic E-state index is 0. The Hall–Kier alpha value is -6.35. The third-order valence-corrected chi connectivity index (χ3v) is 10.9. The first-order valence-corrected chi connectivity index (χ1v) is 19.7. The van der Waals surface area contributed by atoms with Crippen LogP contribution < -0.4 is 0 Å². The van der Waals surface area contributed by atoms with Crippen LogP contribution in [0.15, 0.2) is 170 Å². The van der Waals surface area contributed by atoms with E-state index >= 15 is 0 Å². The molecule has 0 amide bonds. The van der Waals surface area contributed by atoms with Gasteiger partial charge in [-0.1, -0.05) is 153 Å². The Morgan fingerprint density at radius 3 is 2.03 bits per heavy atom. The summed E-state index contributed by atoms with van der Waals surface area (Å²) in [7, 11) is 0. The molecule has 5 heteroatoms. The van der Waals surface area contributed by atoms with Crippen molar-refractivity contribution in [2.24, 2.45) is 0 Å². The molecule has 9 aromatic rings. The first kappa shape index (κ1) is 37.0. The zero-order chi connectivity index (χ0) is 41.5. The predicted molar refractivity (Wildman–Crippen MR) is 240 cm³/mol. The second kappa shape index (κ2) is 16.9. The van der Waals surface area contributed by atoms with Gasteiger partial charge in [-0.15, -0.1) is 23.8 Å². The summed E-state index contributed by atoms with van der Waals surface area (Å²) >= 11 is 0. The largest absolute Gasteiger partial charge is 0.507 e. The second-order valence-corrected chi connectivity index (χ2v) is 15.0. The molecule has 0 saturated heterocycles. The number of hydrogen-bond donors (Lipinski definition) is 1. The molecule has 292 valence electrons. The summed E-state index contributed by atoms with van der Waals surface area (Å²) in [5.74, 6) is -0.0525. The maximum absolute atomic E-state index is 11.3. The summed E-state index contributed by atoms with van der Waals surface area (Å²) in [5, 5.41) is 11.3. The van der Waals surface area contributed by atoms with Gasteiger partial charge in [0.1, 0.15) is 11.6 Å². The topological polar surface area (TPSA) is 50.9 Å². The van der Waals surface area contributed by atoms with E-state index in [4.69, 9.17) is 12.7 Å². The summed E-state index contributed by atoms with van der Waals surface area (Å²) < 4.78 is 19.4. The van der Waals surface area contributed by atoms with Gasteiger partial charge in [0.25, 0.3) is 0 Å². The average molecular weight is 948 g/mol. The van der Waals surface area contributed by atoms with Gasteiger partial charge in [0.2, 0.25) is 0 Å². The zero-order valence-electron chi connectivity index (χ0n) is 35.3. The molecule has 1 unspecified atom stereocenters. The maximum atomic E-state index is 11.3. The molecule has 9 rings (SSSR count).